The molecular weight excluding hydrogens is 180 g/mol. The molecule has 1 aliphatic heterocycles. The fourth-order valence-corrected chi connectivity index (χ4v) is 1.27. The van der Waals surface area contributed by atoms with E-state index in [1.54, 1.807) is 0 Å². The summed E-state index contributed by atoms with van der Waals surface area (Å²) in [5.74, 6) is 0. The Kier molecular flexibility index (Phi) is 3.50. The average molecular weight is 200 g/mol. The molecule has 0 amide bonds. The Bertz CT molecular complexity index is 221. The van der Waals surface area contributed by atoms with Crippen LogP contribution in [-0.4, -0.2) is 35.1 Å². The third kappa shape index (κ3) is 3.64. The van der Waals surface area contributed by atoms with Crippen LogP contribution < -0.4 is 5.32 Å². The van der Waals surface area contributed by atoms with Gasteiger partial charge in [-0.2, -0.15) is 0 Å². The Morgan fingerprint density at radius 1 is 1.64 bits per heavy atom. The number of hydrogen-bond acceptors (Lipinski definition) is 4. The largest absolute Gasteiger partial charge is 0.389 e. The minimum Gasteiger partial charge on any atom is -0.389 e. The van der Waals surface area contributed by atoms with Gasteiger partial charge in [0, 0.05) is 18.5 Å². The molecule has 0 bridgehead atoms. The van der Waals surface area contributed by atoms with Gasteiger partial charge in [-0.05, 0) is 27.7 Å². The van der Waals surface area contributed by atoms with Gasteiger partial charge in [0.05, 0.1) is 5.71 Å². The van der Waals surface area contributed by atoms with E-state index in [4.69, 9.17) is 4.84 Å². The van der Waals surface area contributed by atoms with Gasteiger partial charge in [0.15, 0.2) is 6.10 Å². The molecule has 1 aliphatic rings. The van der Waals surface area contributed by atoms with E-state index in [0.717, 1.165) is 12.1 Å². The number of hydrogen-bond donors (Lipinski definition) is 2. The van der Waals surface area contributed by atoms with Gasteiger partial charge in [0.2, 0.25) is 0 Å². The van der Waals surface area contributed by atoms with Crippen molar-refractivity contribution in [3.8, 4) is 0 Å². The fraction of sp³-hybridized carbons (Fsp3) is 0.900. The zero-order valence-electron chi connectivity index (χ0n) is 9.37. The standard InChI is InChI=1S/C10H20N2O2/c1-7-5-9(14-12-7)8(13)6-11-10(2,3)4/h8-9,11,13H,5-6H2,1-4H3/t8-,9-/m0/s1. The molecule has 0 spiro atoms. The molecule has 0 aliphatic carbocycles. The van der Waals surface area contributed by atoms with E-state index >= 15 is 0 Å². The number of aliphatic hydroxyl groups is 1. The fourth-order valence-electron chi connectivity index (χ4n) is 1.27. The highest BCUT2D eigenvalue weighted by molar-refractivity contribution is 5.82. The molecule has 0 aromatic heterocycles. The van der Waals surface area contributed by atoms with E-state index in [2.05, 4.69) is 31.2 Å². The molecule has 2 N–H and O–H groups in total. The first kappa shape index (κ1) is 11.5. The van der Waals surface area contributed by atoms with E-state index in [1.807, 2.05) is 6.92 Å². The lowest BCUT2D eigenvalue weighted by Gasteiger charge is -2.24. The van der Waals surface area contributed by atoms with Crippen LogP contribution in [0.2, 0.25) is 0 Å². The van der Waals surface area contributed by atoms with E-state index in [9.17, 15) is 5.11 Å². The number of aliphatic hydroxyl groups excluding tert-OH is 1. The zero-order valence-corrected chi connectivity index (χ0v) is 9.37. The van der Waals surface area contributed by atoms with Crippen LogP contribution in [0.3, 0.4) is 0 Å². The summed E-state index contributed by atoms with van der Waals surface area (Å²) >= 11 is 0. The predicted octanol–water partition coefficient (Wildman–Crippen LogP) is 0.900. The first-order chi connectivity index (χ1) is 6.38. The van der Waals surface area contributed by atoms with E-state index in [-0.39, 0.29) is 11.6 Å². The lowest BCUT2D eigenvalue weighted by atomic mass is 10.1. The lowest BCUT2D eigenvalue weighted by Crippen LogP contribution is -2.44. The van der Waals surface area contributed by atoms with E-state index in [0.29, 0.717) is 6.54 Å². The van der Waals surface area contributed by atoms with Crippen LogP contribution in [0.4, 0.5) is 0 Å². The van der Waals surface area contributed by atoms with Gasteiger partial charge in [-0.1, -0.05) is 5.16 Å². The van der Waals surface area contributed by atoms with Crippen molar-refractivity contribution < 1.29 is 9.94 Å². The first-order valence-corrected chi connectivity index (χ1v) is 5.01. The summed E-state index contributed by atoms with van der Waals surface area (Å²) in [5, 5.41) is 16.8. The van der Waals surface area contributed by atoms with Crippen LogP contribution in [0.15, 0.2) is 5.16 Å². The molecule has 1 heterocycles. The molecule has 0 radical (unpaired) electrons. The molecule has 0 unspecified atom stereocenters. The lowest BCUT2D eigenvalue weighted by molar-refractivity contribution is -0.0181. The molecule has 0 aromatic carbocycles. The van der Waals surface area contributed by atoms with Crippen molar-refractivity contribution in [3.63, 3.8) is 0 Å². The summed E-state index contributed by atoms with van der Waals surface area (Å²) in [4.78, 5) is 5.09. The topological polar surface area (TPSA) is 53.9 Å². The summed E-state index contributed by atoms with van der Waals surface area (Å²) in [5.41, 5.74) is 0.972. The molecule has 14 heavy (non-hydrogen) atoms. The molecule has 0 saturated heterocycles. The minimum atomic E-state index is -0.490. The smallest absolute Gasteiger partial charge is 0.159 e. The molecule has 2 atom stereocenters. The molecular formula is C10H20N2O2. The number of oxime groups is 1. The highest BCUT2D eigenvalue weighted by Crippen LogP contribution is 2.14. The van der Waals surface area contributed by atoms with Gasteiger partial charge in [0.25, 0.3) is 0 Å². The van der Waals surface area contributed by atoms with Crippen LogP contribution in [0.1, 0.15) is 34.1 Å². The van der Waals surface area contributed by atoms with Crippen molar-refractivity contribution in [2.24, 2.45) is 5.16 Å². The number of β-amino-alcohol motifs (C(OH)–C–C–N with tert-alkyl or cyclic N) is 1. The van der Waals surface area contributed by atoms with Crippen LogP contribution in [0, 0.1) is 0 Å². The summed E-state index contributed by atoms with van der Waals surface area (Å²) in [6.07, 6.45) is 0.0627. The van der Waals surface area contributed by atoms with Crippen molar-refractivity contribution in [3.05, 3.63) is 0 Å². The summed E-state index contributed by atoms with van der Waals surface area (Å²) in [6, 6.07) is 0. The Morgan fingerprint density at radius 3 is 2.71 bits per heavy atom. The summed E-state index contributed by atoms with van der Waals surface area (Å²) in [6.45, 7) is 8.64. The van der Waals surface area contributed by atoms with Crippen LogP contribution in [0.25, 0.3) is 0 Å². The second kappa shape index (κ2) is 4.28. The van der Waals surface area contributed by atoms with Crippen molar-refractivity contribution >= 4 is 5.71 Å². The maximum Gasteiger partial charge on any atom is 0.159 e. The van der Waals surface area contributed by atoms with Gasteiger partial charge >= 0.3 is 0 Å². The zero-order chi connectivity index (χ0) is 10.8. The van der Waals surface area contributed by atoms with Crippen LogP contribution in [-0.2, 0) is 4.84 Å². The van der Waals surface area contributed by atoms with Gasteiger partial charge < -0.3 is 15.3 Å². The number of nitrogens with zero attached hydrogens (tertiary/aromatic N) is 1. The summed E-state index contributed by atoms with van der Waals surface area (Å²) in [7, 11) is 0. The summed E-state index contributed by atoms with van der Waals surface area (Å²) < 4.78 is 0. The Hall–Kier alpha value is -0.610. The quantitative estimate of drug-likeness (QED) is 0.711. The SMILES string of the molecule is CC1=NO[C@H]([C@@H](O)CNC(C)(C)C)C1. The van der Waals surface area contributed by atoms with Crippen LogP contribution >= 0.6 is 0 Å². The van der Waals surface area contributed by atoms with E-state index in [1.165, 1.54) is 0 Å². The monoisotopic (exact) mass is 200 g/mol. The Balaban J connectivity index is 2.26. The molecule has 4 heteroatoms. The normalized spacial score (nSPS) is 24.4. The van der Waals surface area contributed by atoms with Crippen molar-refractivity contribution in [2.45, 2.75) is 51.9 Å². The van der Waals surface area contributed by atoms with Crippen LogP contribution in [0.5, 0.6) is 0 Å². The van der Waals surface area contributed by atoms with Crippen molar-refractivity contribution in [1.29, 1.82) is 0 Å². The van der Waals surface area contributed by atoms with Crippen molar-refractivity contribution in [2.75, 3.05) is 6.54 Å². The Labute approximate surface area is 85.3 Å². The predicted molar refractivity (Wildman–Crippen MR) is 56.4 cm³/mol. The second-order valence-electron chi connectivity index (χ2n) is 4.87. The third-order valence-electron chi connectivity index (χ3n) is 2.11. The van der Waals surface area contributed by atoms with Gasteiger partial charge in [-0.25, -0.2) is 0 Å². The molecule has 82 valence electrons. The highest BCUT2D eigenvalue weighted by Gasteiger charge is 2.27. The number of rotatable bonds is 3. The third-order valence-corrected chi connectivity index (χ3v) is 2.11. The maximum absolute atomic E-state index is 9.77. The molecule has 0 aromatic rings. The Morgan fingerprint density at radius 2 is 2.29 bits per heavy atom. The molecule has 4 nitrogen and oxygen atoms in total. The molecule has 1 rings (SSSR count). The number of nitrogens with one attached hydrogen (secondary N) is 1. The van der Waals surface area contributed by atoms with Gasteiger partial charge in [-0.3, -0.25) is 0 Å². The van der Waals surface area contributed by atoms with E-state index < -0.39 is 6.10 Å². The second-order valence-corrected chi connectivity index (χ2v) is 4.87. The first-order valence-electron chi connectivity index (χ1n) is 5.01. The van der Waals surface area contributed by atoms with Gasteiger partial charge in [-0.15, -0.1) is 0 Å². The van der Waals surface area contributed by atoms with Crippen molar-refractivity contribution in [1.82, 2.24) is 5.32 Å². The minimum absolute atomic E-state index is 0.0233. The molecule has 0 saturated carbocycles. The average Bonchev–Trinajstić information content (AvgIpc) is 2.46. The molecule has 0 fully saturated rings. The van der Waals surface area contributed by atoms with Gasteiger partial charge in [0.1, 0.15) is 6.10 Å². The highest BCUT2D eigenvalue weighted by atomic mass is 16.6. The maximum atomic E-state index is 9.77.